The number of anilines is 1. The Bertz CT molecular complexity index is 1340. The van der Waals surface area contributed by atoms with Gasteiger partial charge in [-0.2, -0.15) is 0 Å². The number of hydrogen-bond donors (Lipinski definition) is 2. The van der Waals surface area contributed by atoms with E-state index in [0.29, 0.717) is 42.3 Å². The van der Waals surface area contributed by atoms with Crippen molar-refractivity contribution < 1.29 is 24.2 Å². The van der Waals surface area contributed by atoms with Crippen LogP contribution < -0.4 is 10.1 Å². The zero-order valence-corrected chi connectivity index (χ0v) is 26.2. The number of benzene rings is 1. The van der Waals surface area contributed by atoms with Gasteiger partial charge >= 0.3 is 0 Å². The Kier molecular flexibility index (Phi) is 12.2. The van der Waals surface area contributed by atoms with Crippen LogP contribution in [0.2, 0.25) is 0 Å². The zero-order valence-electron chi connectivity index (χ0n) is 26.2. The molecule has 0 unspecified atom stereocenters. The van der Waals surface area contributed by atoms with Crippen LogP contribution in [0, 0.1) is 5.92 Å². The zero-order chi connectivity index (χ0) is 31.5. The van der Waals surface area contributed by atoms with Gasteiger partial charge in [0.15, 0.2) is 0 Å². The molecular weight excluding hydrogens is 558 g/mol. The molecule has 0 saturated carbocycles. The van der Waals surface area contributed by atoms with E-state index < -0.39 is 6.04 Å². The normalized spacial score (nSPS) is 20.7. The fraction of sp³-hybridized carbons (Fsp3) is 0.471. The van der Waals surface area contributed by atoms with E-state index in [4.69, 9.17) is 9.47 Å². The fourth-order valence-corrected chi connectivity index (χ4v) is 5.34. The van der Waals surface area contributed by atoms with Crippen molar-refractivity contribution >= 4 is 17.5 Å². The molecule has 0 fully saturated rings. The summed E-state index contributed by atoms with van der Waals surface area (Å²) < 4.78 is 12.8. The van der Waals surface area contributed by atoms with Gasteiger partial charge in [0.05, 0.1) is 30.4 Å². The minimum Gasteiger partial charge on any atom is -0.490 e. The molecule has 3 heterocycles. The molecular formula is C34H45N5O5. The smallest absolute Gasteiger partial charge is 0.258 e. The van der Waals surface area contributed by atoms with E-state index in [1.807, 2.05) is 26.0 Å². The van der Waals surface area contributed by atoms with Crippen molar-refractivity contribution in [1.82, 2.24) is 19.8 Å². The van der Waals surface area contributed by atoms with Gasteiger partial charge in [0.2, 0.25) is 0 Å². The lowest BCUT2D eigenvalue weighted by molar-refractivity contribution is -0.0177. The second-order valence-corrected chi connectivity index (χ2v) is 11.8. The standard InChI is InChI=1S/C34H45N5O5/c1-24-20-39(25(2)23-40)34(42)30-19-29(37-33(41)28-12-16-36-17-13-28)8-9-31(30)44-26(3)7-5-6-18-43-32(24)22-38(4)21-27-10-14-35-15-11-27/h8-17,19,24-26,32,40H,5-7,18,20-23H2,1-4H3,(H,37,41)/t24-,25+,26-,32+/m1/s1. The Morgan fingerprint density at radius 1 is 1.09 bits per heavy atom. The Balaban J connectivity index is 1.61. The van der Waals surface area contributed by atoms with Crippen molar-refractivity contribution in [2.45, 2.75) is 64.8 Å². The molecule has 1 aliphatic rings. The van der Waals surface area contributed by atoms with Gasteiger partial charge in [-0.15, -0.1) is 0 Å². The number of aromatic nitrogens is 2. The predicted molar refractivity (Wildman–Crippen MR) is 170 cm³/mol. The van der Waals surface area contributed by atoms with Crippen LogP contribution in [0.3, 0.4) is 0 Å². The summed E-state index contributed by atoms with van der Waals surface area (Å²) in [5.74, 6) is -0.163. The van der Waals surface area contributed by atoms with E-state index in [-0.39, 0.29) is 36.5 Å². The number of rotatable bonds is 8. The van der Waals surface area contributed by atoms with Crippen LogP contribution in [0.25, 0.3) is 0 Å². The van der Waals surface area contributed by atoms with Crippen LogP contribution in [0.4, 0.5) is 5.69 Å². The third-order valence-electron chi connectivity index (χ3n) is 7.95. The number of carbonyl (C=O) groups is 2. The number of nitrogens with one attached hydrogen (secondary N) is 1. The molecule has 236 valence electrons. The number of aliphatic hydroxyl groups excluding tert-OH is 1. The summed E-state index contributed by atoms with van der Waals surface area (Å²) in [4.78, 5) is 39.2. The summed E-state index contributed by atoms with van der Waals surface area (Å²) in [5, 5.41) is 13.1. The second-order valence-electron chi connectivity index (χ2n) is 11.8. The van der Waals surface area contributed by atoms with Crippen LogP contribution in [0.1, 0.15) is 66.3 Å². The number of aliphatic hydroxyl groups is 1. The maximum Gasteiger partial charge on any atom is 0.258 e. The maximum absolute atomic E-state index is 14.3. The van der Waals surface area contributed by atoms with Crippen molar-refractivity contribution in [2.24, 2.45) is 5.92 Å². The average molecular weight is 604 g/mol. The van der Waals surface area contributed by atoms with Gasteiger partial charge in [-0.25, -0.2) is 0 Å². The Morgan fingerprint density at radius 2 is 1.80 bits per heavy atom. The number of ether oxygens (including phenoxy) is 2. The van der Waals surface area contributed by atoms with Gasteiger partial charge < -0.3 is 24.8 Å². The van der Waals surface area contributed by atoms with Crippen LogP contribution in [0.15, 0.2) is 67.3 Å². The van der Waals surface area contributed by atoms with E-state index in [1.54, 1.807) is 60.0 Å². The van der Waals surface area contributed by atoms with E-state index in [0.717, 1.165) is 25.8 Å². The summed E-state index contributed by atoms with van der Waals surface area (Å²) in [5.41, 5.74) is 2.43. The number of carbonyl (C=O) groups excluding carboxylic acids is 2. The summed E-state index contributed by atoms with van der Waals surface area (Å²) in [6, 6.07) is 12.0. The van der Waals surface area contributed by atoms with Crippen LogP contribution >= 0.6 is 0 Å². The number of hydrogen-bond acceptors (Lipinski definition) is 8. The van der Waals surface area contributed by atoms with Gasteiger partial charge in [-0.1, -0.05) is 6.92 Å². The number of pyridine rings is 2. The van der Waals surface area contributed by atoms with Crippen LogP contribution in [-0.2, 0) is 11.3 Å². The van der Waals surface area contributed by atoms with Crippen LogP contribution in [-0.4, -0.2) is 88.3 Å². The monoisotopic (exact) mass is 603 g/mol. The van der Waals surface area contributed by atoms with Crippen LogP contribution in [0.5, 0.6) is 5.75 Å². The van der Waals surface area contributed by atoms with Crippen molar-refractivity contribution in [3.8, 4) is 5.75 Å². The van der Waals surface area contributed by atoms with Gasteiger partial charge in [-0.3, -0.25) is 24.5 Å². The lowest BCUT2D eigenvalue weighted by Crippen LogP contribution is -2.47. The lowest BCUT2D eigenvalue weighted by atomic mass is 10.0. The summed E-state index contributed by atoms with van der Waals surface area (Å²) in [6.07, 6.45) is 9.05. The highest BCUT2D eigenvalue weighted by Gasteiger charge is 2.30. The number of fused-ring (bicyclic) bond motifs is 1. The topological polar surface area (TPSA) is 117 Å². The van der Waals surface area contributed by atoms with E-state index >= 15 is 0 Å². The Morgan fingerprint density at radius 3 is 2.50 bits per heavy atom. The van der Waals surface area contributed by atoms with E-state index in [1.165, 1.54) is 5.56 Å². The molecule has 3 aromatic rings. The predicted octanol–water partition coefficient (Wildman–Crippen LogP) is 4.66. The molecule has 2 aromatic heterocycles. The highest BCUT2D eigenvalue weighted by molar-refractivity contribution is 6.05. The largest absolute Gasteiger partial charge is 0.490 e. The molecule has 10 heteroatoms. The second kappa shape index (κ2) is 16.3. The molecule has 4 atom stereocenters. The molecule has 10 nitrogen and oxygen atoms in total. The SMILES string of the molecule is C[C@@H]1CCCCO[C@@H](CN(C)Cc2ccncc2)[C@H](C)CN([C@@H](C)CO)C(=O)c2cc(NC(=O)c3ccncc3)ccc2O1. The van der Waals surface area contributed by atoms with E-state index in [9.17, 15) is 14.7 Å². The minimum absolute atomic E-state index is 0.0337. The summed E-state index contributed by atoms with van der Waals surface area (Å²) in [7, 11) is 2.07. The Labute approximate surface area is 260 Å². The van der Waals surface area contributed by atoms with E-state index in [2.05, 4.69) is 34.2 Å². The highest BCUT2D eigenvalue weighted by atomic mass is 16.5. The Hall–Kier alpha value is -3.86. The molecule has 2 amide bonds. The quantitative estimate of drug-likeness (QED) is 0.382. The van der Waals surface area contributed by atoms with Crippen molar-refractivity contribution in [1.29, 1.82) is 0 Å². The first kappa shape index (κ1) is 33.0. The van der Waals surface area contributed by atoms with Gasteiger partial charge in [0.1, 0.15) is 5.75 Å². The third kappa shape index (κ3) is 9.32. The van der Waals surface area contributed by atoms with Crippen molar-refractivity contribution in [3.63, 3.8) is 0 Å². The molecule has 1 aromatic carbocycles. The van der Waals surface area contributed by atoms with Crippen molar-refractivity contribution in [3.05, 3.63) is 83.9 Å². The molecule has 4 rings (SSSR count). The summed E-state index contributed by atoms with van der Waals surface area (Å²) in [6.45, 7) is 8.14. The molecule has 0 spiro atoms. The molecule has 44 heavy (non-hydrogen) atoms. The minimum atomic E-state index is -0.451. The molecule has 0 aliphatic carbocycles. The molecule has 1 aliphatic heterocycles. The number of nitrogens with zero attached hydrogens (tertiary/aromatic N) is 4. The average Bonchev–Trinajstić information content (AvgIpc) is 3.03. The first-order chi connectivity index (χ1) is 21.2. The third-order valence-corrected chi connectivity index (χ3v) is 7.95. The first-order valence-electron chi connectivity index (χ1n) is 15.4. The lowest BCUT2D eigenvalue weighted by Gasteiger charge is -2.36. The molecule has 2 N–H and O–H groups in total. The van der Waals surface area contributed by atoms with Gasteiger partial charge in [0, 0.05) is 68.2 Å². The summed E-state index contributed by atoms with van der Waals surface area (Å²) >= 11 is 0. The molecule has 0 bridgehead atoms. The molecule has 0 radical (unpaired) electrons. The van der Waals surface area contributed by atoms with Crippen molar-refractivity contribution in [2.75, 3.05) is 38.7 Å². The highest BCUT2D eigenvalue weighted by Crippen LogP contribution is 2.29. The van der Waals surface area contributed by atoms with Gasteiger partial charge in [-0.05, 0) is 88.2 Å². The van der Waals surface area contributed by atoms with Gasteiger partial charge in [0.25, 0.3) is 11.8 Å². The first-order valence-corrected chi connectivity index (χ1v) is 15.4. The fourth-order valence-electron chi connectivity index (χ4n) is 5.34. The molecule has 0 saturated heterocycles. The number of amides is 2. The number of likely N-dealkylation sites (N-methyl/N-ethyl adjacent to an activating group) is 1. The maximum atomic E-state index is 14.3.